The molecule has 0 spiro atoms. The first-order valence-electron chi connectivity index (χ1n) is 4.92. The van der Waals surface area contributed by atoms with E-state index in [1.807, 2.05) is 0 Å². The van der Waals surface area contributed by atoms with Crippen molar-refractivity contribution in [3.8, 4) is 0 Å². The lowest BCUT2D eigenvalue weighted by atomic mass is 10.1. The molecular weight excluding hydrogens is 245 g/mol. The van der Waals surface area contributed by atoms with Gasteiger partial charge in [-0.3, -0.25) is 4.79 Å². The van der Waals surface area contributed by atoms with Gasteiger partial charge in [-0.1, -0.05) is 23.7 Å². The van der Waals surface area contributed by atoms with E-state index in [0.717, 1.165) is 0 Å². The summed E-state index contributed by atoms with van der Waals surface area (Å²) in [5.74, 6) is -0.902. The molecule has 0 amide bonds. The normalized spacial score (nSPS) is 10.5. The van der Waals surface area contributed by atoms with E-state index >= 15 is 0 Å². The number of methoxy groups -OCH3 is 1. The third-order valence-corrected chi connectivity index (χ3v) is 2.66. The highest BCUT2D eigenvalue weighted by Gasteiger charge is 2.10. The topological polar surface area (TPSA) is 39.2 Å². The number of carbonyl (C=O) groups is 1. The Bertz CT molecular complexity index is 586. The van der Waals surface area contributed by atoms with E-state index in [2.05, 4.69) is 9.72 Å². The van der Waals surface area contributed by atoms with Gasteiger partial charge in [0.05, 0.1) is 24.2 Å². The van der Waals surface area contributed by atoms with E-state index in [1.165, 1.54) is 13.2 Å². The molecule has 0 saturated carbocycles. The SMILES string of the molecule is COC(=O)Cc1cc(Cl)c2cccc(F)c2n1. The number of benzene rings is 1. The first kappa shape index (κ1) is 11.8. The van der Waals surface area contributed by atoms with Crippen molar-refractivity contribution in [1.82, 2.24) is 4.98 Å². The number of rotatable bonds is 2. The first-order chi connectivity index (χ1) is 8.11. The minimum atomic E-state index is -0.462. The molecule has 0 aliphatic carbocycles. The summed E-state index contributed by atoms with van der Waals surface area (Å²) in [4.78, 5) is 15.2. The molecule has 1 heterocycles. The third-order valence-electron chi connectivity index (χ3n) is 2.35. The number of hydrogen-bond donors (Lipinski definition) is 0. The molecule has 17 heavy (non-hydrogen) atoms. The van der Waals surface area contributed by atoms with E-state index < -0.39 is 11.8 Å². The standard InChI is InChI=1S/C12H9ClFNO2/c1-17-11(16)6-7-5-9(13)8-3-2-4-10(14)12(8)15-7/h2-5H,6H2,1H3. The number of ether oxygens (including phenoxy) is 1. The third kappa shape index (κ3) is 2.36. The molecule has 0 fully saturated rings. The fourth-order valence-electron chi connectivity index (χ4n) is 1.53. The second-order valence-corrected chi connectivity index (χ2v) is 3.89. The van der Waals surface area contributed by atoms with Crippen LogP contribution < -0.4 is 0 Å². The Kier molecular flexibility index (Phi) is 3.24. The van der Waals surface area contributed by atoms with Gasteiger partial charge in [0.15, 0.2) is 0 Å². The van der Waals surface area contributed by atoms with Gasteiger partial charge in [0.1, 0.15) is 11.3 Å². The molecule has 1 aromatic carbocycles. The van der Waals surface area contributed by atoms with Crippen molar-refractivity contribution in [2.75, 3.05) is 7.11 Å². The molecule has 0 radical (unpaired) electrons. The largest absolute Gasteiger partial charge is 0.469 e. The van der Waals surface area contributed by atoms with Crippen LogP contribution in [0.3, 0.4) is 0 Å². The Hall–Kier alpha value is -1.68. The van der Waals surface area contributed by atoms with Crippen molar-refractivity contribution in [3.63, 3.8) is 0 Å². The number of esters is 1. The Morgan fingerprint density at radius 3 is 3.00 bits per heavy atom. The second kappa shape index (κ2) is 4.67. The van der Waals surface area contributed by atoms with Crippen molar-refractivity contribution >= 4 is 28.5 Å². The van der Waals surface area contributed by atoms with Gasteiger partial charge in [-0.2, -0.15) is 0 Å². The van der Waals surface area contributed by atoms with Crippen LogP contribution in [0.1, 0.15) is 5.69 Å². The predicted octanol–water partition coefficient (Wildman–Crippen LogP) is 2.74. The van der Waals surface area contributed by atoms with Crippen LogP contribution >= 0.6 is 11.6 Å². The zero-order chi connectivity index (χ0) is 12.4. The van der Waals surface area contributed by atoms with Gasteiger partial charge in [-0.15, -0.1) is 0 Å². The van der Waals surface area contributed by atoms with Crippen LogP contribution in [0, 0.1) is 5.82 Å². The van der Waals surface area contributed by atoms with Crippen molar-refractivity contribution in [3.05, 3.63) is 40.8 Å². The number of halogens is 2. The molecule has 1 aromatic heterocycles. The number of hydrogen-bond acceptors (Lipinski definition) is 3. The molecule has 5 heteroatoms. The van der Waals surface area contributed by atoms with Crippen LogP contribution in [0.4, 0.5) is 4.39 Å². The monoisotopic (exact) mass is 253 g/mol. The molecule has 88 valence electrons. The molecule has 2 rings (SSSR count). The van der Waals surface area contributed by atoms with Crippen LogP contribution in [0.25, 0.3) is 10.9 Å². The molecule has 0 N–H and O–H groups in total. The minimum Gasteiger partial charge on any atom is -0.469 e. The van der Waals surface area contributed by atoms with E-state index in [0.29, 0.717) is 16.1 Å². The zero-order valence-electron chi connectivity index (χ0n) is 9.04. The fourth-order valence-corrected chi connectivity index (χ4v) is 1.81. The molecule has 0 unspecified atom stereocenters. The zero-order valence-corrected chi connectivity index (χ0v) is 9.79. The van der Waals surface area contributed by atoms with E-state index in [9.17, 15) is 9.18 Å². The van der Waals surface area contributed by atoms with Crippen molar-refractivity contribution in [2.24, 2.45) is 0 Å². The predicted molar refractivity (Wildman–Crippen MR) is 62.4 cm³/mol. The van der Waals surface area contributed by atoms with Crippen molar-refractivity contribution in [2.45, 2.75) is 6.42 Å². The minimum absolute atomic E-state index is 0.0273. The highest BCUT2D eigenvalue weighted by atomic mass is 35.5. The number of para-hydroxylation sites is 1. The Balaban J connectivity index is 2.54. The number of aromatic nitrogens is 1. The second-order valence-electron chi connectivity index (χ2n) is 3.48. The lowest BCUT2D eigenvalue weighted by Gasteiger charge is -2.05. The molecule has 0 bridgehead atoms. The van der Waals surface area contributed by atoms with Gasteiger partial charge in [-0.25, -0.2) is 9.37 Å². The number of pyridine rings is 1. The molecule has 0 aliphatic heterocycles. The van der Waals surface area contributed by atoms with Gasteiger partial charge in [0.25, 0.3) is 0 Å². The summed E-state index contributed by atoms with van der Waals surface area (Å²) in [6.07, 6.45) is -0.0273. The summed E-state index contributed by atoms with van der Waals surface area (Å²) in [6.45, 7) is 0. The van der Waals surface area contributed by atoms with Crippen LogP contribution in [-0.2, 0) is 16.0 Å². The number of fused-ring (bicyclic) bond motifs is 1. The molecule has 3 nitrogen and oxygen atoms in total. The molecule has 0 saturated heterocycles. The van der Waals surface area contributed by atoms with Crippen LogP contribution in [0.15, 0.2) is 24.3 Å². The summed E-state index contributed by atoms with van der Waals surface area (Å²) in [7, 11) is 1.28. The summed E-state index contributed by atoms with van der Waals surface area (Å²) in [5.41, 5.74) is 0.554. The van der Waals surface area contributed by atoms with E-state index in [4.69, 9.17) is 11.6 Å². The van der Waals surface area contributed by atoms with E-state index in [-0.39, 0.29) is 11.9 Å². The lowest BCUT2D eigenvalue weighted by molar-refractivity contribution is -0.139. The summed E-state index contributed by atoms with van der Waals surface area (Å²) in [6, 6.07) is 6.08. The van der Waals surface area contributed by atoms with Crippen LogP contribution in [0.2, 0.25) is 5.02 Å². The van der Waals surface area contributed by atoms with E-state index in [1.54, 1.807) is 18.2 Å². The number of nitrogens with zero attached hydrogens (tertiary/aromatic N) is 1. The average Bonchev–Trinajstić information content (AvgIpc) is 2.30. The van der Waals surface area contributed by atoms with Gasteiger partial charge in [-0.05, 0) is 12.1 Å². The maximum absolute atomic E-state index is 13.5. The van der Waals surface area contributed by atoms with Crippen LogP contribution in [-0.4, -0.2) is 18.1 Å². The van der Waals surface area contributed by atoms with Crippen LogP contribution in [0.5, 0.6) is 0 Å². The fraction of sp³-hybridized carbons (Fsp3) is 0.167. The first-order valence-corrected chi connectivity index (χ1v) is 5.30. The summed E-state index contributed by atoms with van der Waals surface area (Å²) in [5, 5.41) is 0.897. The molecule has 0 aliphatic rings. The Morgan fingerprint density at radius 1 is 1.53 bits per heavy atom. The average molecular weight is 254 g/mol. The molecule has 0 atom stereocenters. The molecule has 2 aromatic rings. The quantitative estimate of drug-likeness (QED) is 0.773. The Morgan fingerprint density at radius 2 is 2.29 bits per heavy atom. The maximum Gasteiger partial charge on any atom is 0.311 e. The van der Waals surface area contributed by atoms with Crippen molar-refractivity contribution in [1.29, 1.82) is 0 Å². The van der Waals surface area contributed by atoms with Gasteiger partial charge >= 0.3 is 5.97 Å². The lowest BCUT2D eigenvalue weighted by Crippen LogP contribution is -2.06. The smallest absolute Gasteiger partial charge is 0.311 e. The van der Waals surface area contributed by atoms with Gasteiger partial charge in [0, 0.05) is 5.39 Å². The molecular formula is C12H9ClFNO2. The van der Waals surface area contributed by atoms with Gasteiger partial charge in [0.2, 0.25) is 0 Å². The van der Waals surface area contributed by atoms with Gasteiger partial charge < -0.3 is 4.74 Å². The number of carbonyl (C=O) groups excluding carboxylic acids is 1. The maximum atomic E-state index is 13.5. The van der Waals surface area contributed by atoms with Crippen molar-refractivity contribution < 1.29 is 13.9 Å². The highest BCUT2D eigenvalue weighted by molar-refractivity contribution is 6.35. The summed E-state index contributed by atoms with van der Waals surface area (Å²) < 4.78 is 18.0. The summed E-state index contributed by atoms with van der Waals surface area (Å²) >= 11 is 6.00. The highest BCUT2D eigenvalue weighted by Crippen LogP contribution is 2.25. The Labute approximate surface area is 102 Å².